The molecule has 2 aliphatic rings. The molecule has 0 radical (unpaired) electrons. The van der Waals surface area contributed by atoms with Crippen molar-refractivity contribution < 1.29 is 41.2 Å². The number of hydrogen-bond acceptors (Lipinski definition) is 9. The first-order chi connectivity index (χ1) is 31.8. The van der Waals surface area contributed by atoms with E-state index in [9.17, 15) is 9.90 Å². The summed E-state index contributed by atoms with van der Waals surface area (Å²) in [6, 6.07) is 0. The summed E-state index contributed by atoms with van der Waals surface area (Å²) in [5.41, 5.74) is 2.35. The highest BCUT2D eigenvalue weighted by molar-refractivity contribution is 6.76. The van der Waals surface area contributed by atoms with Crippen molar-refractivity contribution in [3.63, 3.8) is 0 Å². The monoisotopic (exact) mass is 1130 g/mol. The number of ether oxygens (including phenoxy) is 1. The summed E-state index contributed by atoms with van der Waals surface area (Å²) in [5, 5.41) is 10.6. The van der Waals surface area contributed by atoms with Crippen LogP contribution >= 0.6 is 0 Å². The van der Waals surface area contributed by atoms with Gasteiger partial charge in [0.25, 0.3) is 0 Å². The van der Waals surface area contributed by atoms with Crippen molar-refractivity contribution >= 4 is 55.9 Å². The first-order valence-electron chi connectivity index (χ1n) is 27.8. The third-order valence-corrected chi connectivity index (χ3v) is 46.2. The predicted octanol–water partition coefficient (Wildman–Crippen LogP) is 17.8. The van der Waals surface area contributed by atoms with Gasteiger partial charge in [0.2, 0.25) is 0 Å². The summed E-state index contributed by atoms with van der Waals surface area (Å²) in [6.07, 6.45) is 8.94. The SMILES string of the molecule is C.CC(C)(C)[Si](C)(C)OCCC1[C@H](O[Si](C)(C)C(C)(C)C)CC(=CCO)C[C@H]1O[Si](C)(C)C(C)(C)C.COC(=O)C=C1C[C@@H](O[Si](C)(C)C(C)(C)C)C(CCO[Si](C)(C)C(C)(C)C)[C@H](O[Si](C)(C)C(C)(C)C)C1. The molecule has 4 atom stereocenters. The zero-order valence-electron chi connectivity index (χ0n) is 53.2. The average molecular weight is 1130 g/mol. The molecular formula is C58H124O9Si6. The average Bonchev–Trinajstić information content (AvgIpc) is 3.14. The molecule has 0 spiro atoms. The van der Waals surface area contributed by atoms with E-state index in [1.165, 1.54) is 12.7 Å². The van der Waals surface area contributed by atoms with Crippen molar-refractivity contribution in [3.8, 4) is 0 Å². The minimum atomic E-state index is -2.06. The maximum atomic E-state index is 12.3. The van der Waals surface area contributed by atoms with Gasteiger partial charge in [0.1, 0.15) is 0 Å². The van der Waals surface area contributed by atoms with Gasteiger partial charge >= 0.3 is 5.97 Å². The number of esters is 1. The first kappa shape index (κ1) is 73.0. The minimum Gasteiger partial charge on any atom is -0.466 e. The van der Waals surface area contributed by atoms with E-state index < -0.39 is 49.9 Å². The topological polar surface area (TPSA) is 102 Å². The summed E-state index contributed by atoms with van der Waals surface area (Å²) in [6.45, 7) is 70.9. The van der Waals surface area contributed by atoms with Gasteiger partial charge in [-0.3, -0.25) is 0 Å². The van der Waals surface area contributed by atoms with E-state index in [0.717, 1.165) is 50.7 Å². The lowest BCUT2D eigenvalue weighted by molar-refractivity contribution is -0.135. The summed E-state index contributed by atoms with van der Waals surface area (Å²) in [4.78, 5) is 12.3. The van der Waals surface area contributed by atoms with Crippen LogP contribution in [-0.2, 0) is 36.1 Å². The van der Waals surface area contributed by atoms with Gasteiger partial charge in [-0.1, -0.05) is 149 Å². The molecule has 1 N–H and O–H groups in total. The highest BCUT2D eigenvalue weighted by Crippen LogP contribution is 2.49. The van der Waals surface area contributed by atoms with Crippen LogP contribution in [0.5, 0.6) is 0 Å². The summed E-state index contributed by atoms with van der Waals surface area (Å²) in [5.74, 6) is 0.202. The van der Waals surface area contributed by atoms with Crippen LogP contribution in [0, 0.1) is 11.8 Å². The number of hydrogen-bond donors (Lipinski definition) is 1. The van der Waals surface area contributed by atoms with Crippen LogP contribution in [-0.4, -0.2) is 112 Å². The third kappa shape index (κ3) is 21.2. The van der Waals surface area contributed by atoms with E-state index in [1.807, 2.05) is 6.08 Å². The molecule has 0 aromatic heterocycles. The maximum absolute atomic E-state index is 12.3. The Morgan fingerprint density at radius 3 is 0.890 bits per heavy atom. The molecule has 0 amide bonds. The van der Waals surface area contributed by atoms with Crippen molar-refractivity contribution in [1.82, 2.24) is 0 Å². The number of aliphatic hydroxyl groups is 1. The van der Waals surface area contributed by atoms with Gasteiger partial charge in [-0.2, -0.15) is 0 Å². The van der Waals surface area contributed by atoms with Gasteiger partial charge in [-0.25, -0.2) is 4.79 Å². The number of carbonyl (C=O) groups is 1. The largest absolute Gasteiger partial charge is 0.466 e. The second-order valence-corrected chi connectivity index (χ2v) is 59.6. The van der Waals surface area contributed by atoms with Crippen molar-refractivity contribution in [1.29, 1.82) is 0 Å². The standard InChI is InChI=1S/C29H60O5Si3.C28H60O4Si3.CH4/c1-27(2,3)35(11,12)32-18-17-23-24(33-36(13,14)28(4,5)6)19-22(21-26(30)31-10)20-25(23)34-37(15,16)29(7,8)9;1-26(2,3)33(10,11)30-19-17-23-24(31-34(12,13)27(4,5)6)20-22(16-18-29)21-25(23)32-35(14,15)28(7,8)9;/h21,23-25H,17-20H2,1-16H3;16,23-25,29H,17-21H2,1-15H3;1H4/t2*23?,24-,25-;/m11./s1. The van der Waals surface area contributed by atoms with E-state index in [0.29, 0.717) is 12.5 Å². The van der Waals surface area contributed by atoms with E-state index in [-0.39, 0.29) is 80.6 Å². The molecule has 0 aromatic carbocycles. The predicted molar refractivity (Wildman–Crippen MR) is 331 cm³/mol. The van der Waals surface area contributed by atoms with Gasteiger partial charge < -0.3 is 36.4 Å². The van der Waals surface area contributed by atoms with Crippen LogP contribution in [0.1, 0.15) is 171 Å². The third-order valence-electron chi connectivity index (χ3n) is 19.1. The highest BCUT2D eigenvalue weighted by atomic mass is 28.4. The number of methoxy groups -OCH3 is 1. The number of rotatable bonds is 18. The van der Waals surface area contributed by atoms with Crippen molar-refractivity contribution in [2.24, 2.45) is 11.8 Å². The van der Waals surface area contributed by atoms with Gasteiger partial charge in [-0.15, -0.1) is 0 Å². The molecule has 2 saturated carbocycles. The molecule has 9 nitrogen and oxygen atoms in total. The summed E-state index contributed by atoms with van der Waals surface area (Å²) in [7, 11) is -10.3. The maximum Gasteiger partial charge on any atom is 0.330 e. The van der Waals surface area contributed by atoms with Crippen LogP contribution in [0.15, 0.2) is 23.3 Å². The Morgan fingerprint density at radius 1 is 0.452 bits per heavy atom. The zero-order chi connectivity index (χ0) is 56.9. The Morgan fingerprint density at radius 2 is 0.685 bits per heavy atom. The molecule has 2 aliphatic carbocycles. The molecule has 2 rings (SSSR count). The fourth-order valence-corrected chi connectivity index (χ4v) is 15.3. The van der Waals surface area contributed by atoms with Crippen LogP contribution < -0.4 is 0 Å². The Bertz CT molecular complexity index is 1680. The van der Waals surface area contributed by atoms with Crippen LogP contribution in [0.25, 0.3) is 0 Å². The van der Waals surface area contributed by atoms with Crippen LogP contribution in [0.4, 0.5) is 0 Å². The van der Waals surface area contributed by atoms with Crippen LogP contribution in [0.3, 0.4) is 0 Å². The number of carbonyl (C=O) groups excluding carboxylic acids is 1. The van der Waals surface area contributed by atoms with E-state index in [1.54, 1.807) is 6.08 Å². The van der Waals surface area contributed by atoms with Crippen molar-refractivity contribution in [2.75, 3.05) is 26.9 Å². The molecule has 0 saturated heterocycles. The highest BCUT2D eigenvalue weighted by Gasteiger charge is 2.50. The normalized spacial score (nSPS) is 22.8. The molecule has 0 unspecified atom stereocenters. The smallest absolute Gasteiger partial charge is 0.330 e. The molecule has 2 fully saturated rings. The molecule has 0 bridgehead atoms. The summed E-state index contributed by atoms with van der Waals surface area (Å²) < 4.78 is 46.8. The van der Waals surface area contributed by atoms with Crippen molar-refractivity contribution in [2.45, 2.75) is 304 Å². The first-order valence-corrected chi connectivity index (χ1v) is 45.3. The van der Waals surface area contributed by atoms with Gasteiger partial charge in [-0.05, 0) is 147 Å². The number of aliphatic hydroxyl groups excluding tert-OH is 1. The fraction of sp³-hybridized carbons (Fsp3) is 0.914. The Hall–Kier alpha value is -0.0287. The van der Waals surface area contributed by atoms with Gasteiger partial charge in [0, 0.05) is 31.1 Å². The van der Waals surface area contributed by atoms with Gasteiger partial charge in [0.05, 0.1) is 38.1 Å². The summed E-state index contributed by atoms with van der Waals surface area (Å²) >= 11 is 0. The second kappa shape index (κ2) is 26.5. The van der Waals surface area contributed by atoms with Gasteiger partial charge in [0.15, 0.2) is 49.9 Å². The minimum absolute atomic E-state index is 0. The zero-order valence-corrected chi connectivity index (χ0v) is 59.2. The van der Waals surface area contributed by atoms with E-state index in [4.69, 9.17) is 31.3 Å². The molecule has 73 heavy (non-hydrogen) atoms. The van der Waals surface area contributed by atoms with E-state index in [2.05, 4.69) is 203 Å². The molecule has 0 heterocycles. The lowest BCUT2D eigenvalue weighted by atomic mass is 9.79. The molecule has 15 heteroatoms. The Balaban J connectivity index is 0.00000140. The molecule has 0 aliphatic heterocycles. The Labute approximate surface area is 460 Å². The lowest BCUT2D eigenvalue weighted by Gasteiger charge is -2.49. The Kier molecular flexibility index (Phi) is 26.5. The molecular weight excluding hydrogens is 1010 g/mol. The molecule has 434 valence electrons. The van der Waals surface area contributed by atoms with Crippen molar-refractivity contribution in [3.05, 3.63) is 23.3 Å². The van der Waals surface area contributed by atoms with E-state index >= 15 is 0 Å². The quantitative estimate of drug-likeness (QED) is 0.0622. The lowest BCUT2D eigenvalue weighted by Crippen LogP contribution is -2.53. The second-order valence-electron chi connectivity index (χ2n) is 31.0. The molecule has 0 aromatic rings. The fourth-order valence-electron chi connectivity index (χ4n) is 7.74. The van der Waals surface area contributed by atoms with Crippen LogP contribution in [0.2, 0.25) is 109 Å².